The first-order chi connectivity index (χ1) is 8.99. The molecule has 0 saturated carbocycles. The first kappa shape index (κ1) is 14.1. The van der Waals surface area contributed by atoms with Gasteiger partial charge in [0.2, 0.25) is 0 Å². The van der Waals surface area contributed by atoms with Gasteiger partial charge in [-0.15, -0.1) is 0 Å². The molecule has 4 nitrogen and oxygen atoms in total. The van der Waals surface area contributed by atoms with Crippen LogP contribution in [0.2, 0.25) is 10.0 Å². The third kappa shape index (κ3) is 3.18. The highest BCUT2D eigenvalue weighted by molar-refractivity contribution is 7.17. The Morgan fingerprint density at radius 2 is 2.05 bits per heavy atom. The smallest absolute Gasteiger partial charge is 0.350 e. The standard InChI is InChI=1S/C12H10Cl2N2O2S/c1-6-10(19-12(15)16-6)11(17)18-5-7-8(13)3-2-4-9(7)14/h2-4H,5H2,1H3,(H2,15,16). The van der Waals surface area contributed by atoms with Crippen LogP contribution in [0.5, 0.6) is 0 Å². The molecule has 1 heterocycles. The zero-order valence-electron chi connectivity index (χ0n) is 9.94. The zero-order valence-corrected chi connectivity index (χ0v) is 12.3. The maximum atomic E-state index is 11.9. The summed E-state index contributed by atoms with van der Waals surface area (Å²) >= 11 is 13.1. The first-order valence-corrected chi connectivity index (χ1v) is 6.89. The Bertz CT molecular complexity index is 608. The minimum absolute atomic E-state index is 0.00852. The number of rotatable bonds is 3. The molecule has 100 valence electrons. The van der Waals surface area contributed by atoms with Gasteiger partial charge in [-0.3, -0.25) is 0 Å². The zero-order chi connectivity index (χ0) is 14.0. The van der Waals surface area contributed by atoms with E-state index in [1.165, 1.54) is 0 Å². The van der Waals surface area contributed by atoms with E-state index < -0.39 is 5.97 Å². The second-order valence-corrected chi connectivity index (χ2v) is 5.59. The molecule has 0 radical (unpaired) electrons. The van der Waals surface area contributed by atoms with Crippen molar-refractivity contribution in [2.75, 3.05) is 5.73 Å². The summed E-state index contributed by atoms with van der Waals surface area (Å²) in [7, 11) is 0. The predicted molar refractivity (Wildman–Crippen MR) is 76.8 cm³/mol. The molecular weight excluding hydrogens is 307 g/mol. The summed E-state index contributed by atoms with van der Waals surface area (Å²) in [6.45, 7) is 1.71. The molecule has 0 spiro atoms. The van der Waals surface area contributed by atoms with E-state index in [-0.39, 0.29) is 6.61 Å². The Morgan fingerprint density at radius 1 is 1.42 bits per heavy atom. The molecule has 0 bridgehead atoms. The second-order valence-electron chi connectivity index (χ2n) is 3.74. The first-order valence-electron chi connectivity index (χ1n) is 5.32. The highest BCUT2D eigenvalue weighted by Gasteiger charge is 2.17. The fraction of sp³-hybridized carbons (Fsp3) is 0.167. The Hall–Kier alpha value is -1.30. The van der Waals surface area contributed by atoms with Crippen molar-refractivity contribution in [3.8, 4) is 0 Å². The van der Waals surface area contributed by atoms with Crippen molar-refractivity contribution in [2.24, 2.45) is 0 Å². The molecule has 0 aliphatic heterocycles. The van der Waals surface area contributed by atoms with Crippen LogP contribution in [-0.4, -0.2) is 11.0 Å². The van der Waals surface area contributed by atoms with E-state index in [1.54, 1.807) is 25.1 Å². The van der Waals surface area contributed by atoms with Gasteiger partial charge in [0.1, 0.15) is 11.5 Å². The molecule has 0 fully saturated rings. The molecule has 7 heteroatoms. The van der Waals surface area contributed by atoms with Crippen LogP contribution in [0.15, 0.2) is 18.2 Å². The molecule has 0 aliphatic rings. The van der Waals surface area contributed by atoms with Crippen LogP contribution in [0.25, 0.3) is 0 Å². The number of esters is 1. The third-order valence-electron chi connectivity index (χ3n) is 2.41. The monoisotopic (exact) mass is 316 g/mol. The van der Waals surface area contributed by atoms with Gasteiger partial charge in [-0.25, -0.2) is 9.78 Å². The van der Waals surface area contributed by atoms with Crippen LogP contribution in [0, 0.1) is 6.92 Å². The van der Waals surface area contributed by atoms with Gasteiger partial charge in [-0.2, -0.15) is 0 Å². The molecule has 0 amide bonds. The molecule has 2 rings (SSSR count). The van der Waals surface area contributed by atoms with Crippen LogP contribution in [0.3, 0.4) is 0 Å². The molecule has 1 aromatic heterocycles. The Balaban J connectivity index is 2.11. The number of hydrogen-bond acceptors (Lipinski definition) is 5. The number of thiazole rings is 1. The summed E-state index contributed by atoms with van der Waals surface area (Å²) in [6, 6.07) is 5.10. The minimum Gasteiger partial charge on any atom is -0.456 e. The summed E-state index contributed by atoms with van der Waals surface area (Å²) in [5.74, 6) is -0.484. The number of aromatic nitrogens is 1. The van der Waals surface area contributed by atoms with Gasteiger partial charge < -0.3 is 10.5 Å². The maximum Gasteiger partial charge on any atom is 0.350 e. The van der Waals surface area contributed by atoms with Crippen molar-refractivity contribution in [1.82, 2.24) is 4.98 Å². The van der Waals surface area contributed by atoms with Crippen LogP contribution in [0.4, 0.5) is 5.13 Å². The number of carbonyl (C=O) groups excluding carboxylic acids is 1. The molecular formula is C12H10Cl2N2O2S. The quantitative estimate of drug-likeness (QED) is 0.877. The van der Waals surface area contributed by atoms with Crippen LogP contribution in [-0.2, 0) is 11.3 Å². The number of hydrogen-bond donors (Lipinski definition) is 1. The lowest BCUT2D eigenvalue weighted by Gasteiger charge is -2.07. The van der Waals surface area contributed by atoms with E-state index in [9.17, 15) is 4.79 Å². The normalized spacial score (nSPS) is 10.5. The summed E-state index contributed by atoms with van der Waals surface area (Å²) in [5.41, 5.74) is 6.66. The summed E-state index contributed by atoms with van der Waals surface area (Å²) in [4.78, 5) is 16.2. The fourth-order valence-electron chi connectivity index (χ4n) is 1.48. The topological polar surface area (TPSA) is 65.2 Å². The van der Waals surface area contributed by atoms with Gasteiger partial charge in [-0.05, 0) is 19.1 Å². The number of nitrogens with two attached hydrogens (primary N) is 1. The average Bonchev–Trinajstić information content (AvgIpc) is 2.67. The molecule has 0 aliphatic carbocycles. The largest absolute Gasteiger partial charge is 0.456 e. The van der Waals surface area contributed by atoms with E-state index in [4.69, 9.17) is 33.7 Å². The number of aryl methyl sites for hydroxylation is 1. The highest BCUT2D eigenvalue weighted by Crippen LogP contribution is 2.26. The average molecular weight is 317 g/mol. The maximum absolute atomic E-state index is 11.9. The predicted octanol–water partition coefficient (Wildman–Crippen LogP) is 3.70. The van der Waals surface area contributed by atoms with E-state index in [0.717, 1.165) is 11.3 Å². The highest BCUT2D eigenvalue weighted by atomic mass is 35.5. The summed E-state index contributed by atoms with van der Waals surface area (Å²) in [5, 5.41) is 1.25. The number of ether oxygens (including phenoxy) is 1. The SMILES string of the molecule is Cc1nc(N)sc1C(=O)OCc1c(Cl)cccc1Cl. The summed E-state index contributed by atoms with van der Waals surface area (Å²) < 4.78 is 5.18. The van der Waals surface area contributed by atoms with Gasteiger partial charge >= 0.3 is 5.97 Å². The lowest BCUT2D eigenvalue weighted by Crippen LogP contribution is -2.05. The van der Waals surface area contributed by atoms with E-state index >= 15 is 0 Å². The molecule has 0 unspecified atom stereocenters. The second kappa shape index (κ2) is 5.77. The van der Waals surface area contributed by atoms with E-state index in [2.05, 4.69) is 4.98 Å². The van der Waals surface area contributed by atoms with Gasteiger partial charge in [0, 0.05) is 15.6 Å². The molecule has 2 aromatic rings. The van der Waals surface area contributed by atoms with Crippen molar-refractivity contribution in [3.63, 3.8) is 0 Å². The lowest BCUT2D eigenvalue weighted by atomic mass is 10.2. The van der Waals surface area contributed by atoms with Crippen molar-refractivity contribution >= 4 is 45.6 Å². The summed E-state index contributed by atoms with van der Waals surface area (Å²) in [6.07, 6.45) is 0. The number of benzene rings is 1. The van der Waals surface area contributed by atoms with Crippen molar-refractivity contribution in [1.29, 1.82) is 0 Å². The molecule has 1 aromatic carbocycles. The number of nitrogen functional groups attached to an aromatic ring is 1. The Labute approximate surface area is 124 Å². The van der Waals surface area contributed by atoms with E-state index in [1.807, 2.05) is 0 Å². The number of carbonyl (C=O) groups is 1. The van der Waals surface area contributed by atoms with Crippen LogP contribution >= 0.6 is 34.5 Å². The number of anilines is 1. The van der Waals surface area contributed by atoms with Gasteiger partial charge in [0.15, 0.2) is 5.13 Å². The minimum atomic E-state index is -0.484. The molecule has 0 saturated heterocycles. The molecule has 19 heavy (non-hydrogen) atoms. The number of nitrogens with zero attached hydrogens (tertiary/aromatic N) is 1. The number of halogens is 2. The van der Waals surface area contributed by atoms with Gasteiger partial charge in [-0.1, -0.05) is 40.6 Å². The molecule has 2 N–H and O–H groups in total. The molecule has 0 atom stereocenters. The van der Waals surface area contributed by atoms with Crippen LogP contribution < -0.4 is 5.73 Å². The lowest BCUT2D eigenvalue weighted by molar-refractivity contribution is 0.0478. The Morgan fingerprint density at radius 3 is 2.58 bits per heavy atom. The third-order valence-corrected chi connectivity index (χ3v) is 4.08. The van der Waals surface area contributed by atoms with Crippen molar-refractivity contribution in [3.05, 3.63) is 44.4 Å². The van der Waals surface area contributed by atoms with Crippen LogP contribution in [0.1, 0.15) is 20.9 Å². The van der Waals surface area contributed by atoms with Crippen molar-refractivity contribution < 1.29 is 9.53 Å². The van der Waals surface area contributed by atoms with Gasteiger partial charge in [0.05, 0.1) is 5.69 Å². The van der Waals surface area contributed by atoms with Crippen molar-refractivity contribution in [2.45, 2.75) is 13.5 Å². The van der Waals surface area contributed by atoms with Gasteiger partial charge in [0.25, 0.3) is 0 Å². The Kier molecular flexibility index (Phi) is 4.29. The van der Waals surface area contributed by atoms with E-state index in [0.29, 0.717) is 31.3 Å². The fourth-order valence-corrected chi connectivity index (χ4v) is 2.71.